The third-order valence-electron chi connectivity index (χ3n) is 3.75. The molecule has 0 unspecified atom stereocenters. The van der Waals surface area contributed by atoms with Gasteiger partial charge in [0.1, 0.15) is 0 Å². The first-order chi connectivity index (χ1) is 14.9. The molecule has 0 aliphatic carbocycles. The van der Waals surface area contributed by atoms with Crippen molar-refractivity contribution in [3.63, 3.8) is 0 Å². The van der Waals surface area contributed by atoms with Crippen molar-refractivity contribution in [3.8, 4) is 0 Å². The van der Waals surface area contributed by atoms with Gasteiger partial charge >= 0.3 is 0 Å². The summed E-state index contributed by atoms with van der Waals surface area (Å²) in [5, 5.41) is 6.83. The summed E-state index contributed by atoms with van der Waals surface area (Å²) >= 11 is 0. The summed E-state index contributed by atoms with van der Waals surface area (Å²) in [6, 6.07) is 20.6. The summed E-state index contributed by atoms with van der Waals surface area (Å²) in [5.74, 6) is 0. The van der Waals surface area contributed by atoms with Gasteiger partial charge in [-0.25, -0.2) is 0 Å². The minimum atomic E-state index is 0.786. The van der Waals surface area contributed by atoms with Crippen molar-refractivity contribution in [2.24, 2.45) is 0 Å². The zero-order valence-electron chi connectivity index (χ0n) is 19.7. The van der Waals surface area contributed by atoms with Gasteiger partial charge in [-0.3, -0.25) is 9.97 Å². The molecule has 0 saturated heterocycles. The molecule has 0 atom stereocenters. The molecule has 2 N–H and O–H groups in total. The highest BCUT2D eigenvalue weighted by atomic mass is 14.9. The number of nitrogens with one attached hydrogen (secondary N) is 2. The van der Waals surface area contributed by atoms with E-state index in [-0.39, 0.29) is 0 Å². The Labute approximate surface area is 184 Å². The Hall–Kier alpha value is -2.56. The number of rotatable bonds is 8. The maximum Gasteiger partial charge on any atom is 0.0541 e. The van der Waals surface area contributed by atoms with Crippen molar-refractivity contribution in [1.29, 1.82) is 0 Å². The summed E-state index contributed by atoms with van der Waals surface area (Å²) in [7, 11) is 0. The normalized spacial score (nSPS) is 9.13. The molecule has 4 heteroatoms. The van der Waals surface area contributed by atoms with Gasteiger partial charge in [-0.1, -0.05) is 77.9 Å². The molecule has 0 aliphatic rings. The van der Waals surface area contributed by atoms with Crippen LogP contribution in [0.2, 0.25) is 0 Å². The molecule has 2 heterocycles. The Morgan fingerprint density at radius 1 is 0.500 bits per heavy atom. The van der Waals surface area contributed by atoms with Crippen LogP contribution in [0.5, 0.6) is 0 Å². The lowest BCUT2D eigenvalue weighted by Crippen LogP contribution is -2.14. The Morgan fingerprint density at radius 3 is 1.17 bits per heavy atom. The fraction of sp³-hybridized carbons (Fsp3) is 0.385. The predicted molar refractivity (Wildman–Crippen MR) is 130 cm³/mol. The van der Waals surface area contributed by atoms with Crippen molar-refractivity contribution in [1.82, 2.24) is 20.6 Å². The second kappa shape index (κ2) is 19.7. The second-order valence-corrected chi connectivity index (χ2v) is 5.67. The van der Waals surface area contributed by atoms with Gasteiger partial charge in [0.2, 0.25) is 0 Å². The van der Waals surface area contributed by atoms with E-state index in [0.29, 0.717) is 0 Å². The van der Waals surface area contributed by atoms with Crippen molar-refractivity contribution in [3.05, 3.63) is 95.6 Å². The van der Waals surface area contributed by atoms with E-state index in [9.17, 15) is 0 Å². The fourth-order valence-electron chi connectivity index (χ4n) is 2.45. The van der Waals surface area contributed by atoms with Gasteiger partial charge in [0, 0.05) is 38.6 Å². The Bertz CT molecular complexity index is 649. The van der Waals surface area contributed by atoms with Crippen LogP contribution in [0.3, 0.4) is 0 Å². The molecular formula is C26H40N4. The van der Waals surface area contributed by atoms with E-state index in [0.717, 1.165) is 37.6 Å². The van der Waals surface area contributed by atoms with Crippen LogP contribution in [0.1, 0.15) is 64.1 Å². The van der Waals surface area contributed by atoms with Crippen molar-refractivity contribution < 1.29 is 0 Å². The van der Waals surface area contributed by atoms with E-state index in [2.05, 4.69) is 44.9 Å². The van der Waals surface area contributed by atoms with Crippen LogP contribution in [0.4, 0.5) is 0 Å². The van der Waals surface area contributed by atoms with E-state index in [1.54, 1.807) is 0 Å². The quantitative estimate of drug-likeness (QED) is 0.470. The van der Waals surface area contributed by atoms with Crippen molar-refractivity contribution >= 4 is 0 Å². The van der Waals surface area contributed by atoms with Crippen LogP contribution in [0.25, 0.3) is 0 Å². The van der Waals surface area contributed by atoms with E-state index in [1.807, 2.05) is 90.3 Å². The summed E-state index contributed by atoms with van der Waals surface area (Å²) in [6.45, 7) is 15.3. The molecule has 30 heavy (non-hydrogen) atoms. The standard InChI is InChI=1S/C20H22N4.3C2H6/c1-3-11-23-19(5-1)15-21-13-17-7-9-18(10-8-17)14-22-16-20-6-2-4-12-24-20;3*1-2/h1-12,21-22H,13-16H2;3*1-2H3. The molecule has 0 radical (unpaired) electrons. The van der Waals surface area contributed by atoms with Crippen LogP contribution in [-0.2, 0) is 26.2 Å². The van der Waals surface area contributed by atoms with Crippen LogP contribution in [0.15, 0.2) is 73.1 Å². The van der Waals surface area contributed by atoms with Crippen molar-refractivity contribution in [2.45, 2.75) is 67.7 Å². The number of benzene rings is 1. The van der Waals surface area contributed by atoms with Gasteiger partial charge in [-0.05, 0) is 35.4 Å². The number of pyridine rings is 2. The second-order valence-electron chi connectivity index (χ2n) is 5.67. The number of nitrogens with zero attached hydrogens (tertiary/aromatic N) is 2. The number of aromatic nitrogens is 2. The number of hydrogen-bond donors (Lipinski definition) is 2. The Balaban J connectivity index is 0.00000129. The lowest BCUT2D eigenvalue weighted by molar-refractivity contribution is 0.673. The van der Waals surface area contributed by atoms with Crippen molar-refractivity contribution in [2.75, 3.05) is 0 Å². The monoisotopic (exact) mass is 408 g/mol. The number of hydrogen-bond acceptors (Lipinski definition) is 4. The van der Waals surface area contributed by atoms with Crippen LogP contribution in [0, 0.1) is 0 Å². The first-order valence-corrected chi connectivity index (χ1v) is 11.2. The van der Waals surface area contributed by atoms with Gasteiger partial charge in [-0.2, -0.15) is 0 Å². The van der Waals surface area contributed by atoms with Crippen LogP contribution in [-0.4, -0.2) is 9.97 Å². The molecule has 1 aromatic carbocycles. The van der Waals surface area contributed by atoms with E-state index < -0.39 is 0 Å². The SMILES string of the molecule is CC.CC.CC.c1ccc(CNCc2ccc(CNCc3ccccn3)cc2)nc1. The average Bonchev–Trinajstić information content (AvgIpc) is 2.85. The molecular weight excluding hydrogens is 368 g/mol. The maximum absolute atomic E-state index is 4.31. The highest BCUT2D eigenvalue weighted by Crippen LogP contribution is 2.05. The summed E-state index contributed by atoms with van der Waals surface area (Å²) in [5.41, 5.74) is 4.68. The third-order valence-corrected chi connectivity index (χ3v) is 3.75. The fourth-order valence-corrected chi connectivity index (χ4v) is 2.45. The molecule has 164 valence electrons. The molecule has 3 aromatic rings. The van der Waals surface area contributed by atoms with Crippen LogP contribution < -0.4 is 10.6 Å². The molecule has 0 bridgehead atoms. The molecule has 2 aromatic heterocycles. The van der Waals surface area contributed by atoms with Gasteiger partial charge in [0.15, 0.2) is 0 Å². The molecule has 0 spiro atoms. The predicted octanol–water partition coefficient (Wildman–Crippen LogP) is 6.13. The van der Waals surface area contributed by atoms with Gasteiger partial charge in [0.05, 0.1) is 11.4 Å². The molecule has 0 fully saturated rings. The van der Waals surface area contributed by atoms with Gasteiger partial charge in [-0.15, -0.1) is 0 Å². The topological polar surface area (TPSA) is 49.8 Å². The van der Waals surface area contributed by atoms with Crippen LogP contribution >= 0.6 is 0 Å². The first-order valence-electron chi connectivity index (χ1n) is 11.2. The highest BCUT2D eigenvalue weighted by molar-refractivity contribution is 5.22. The van der Waals surface area contributed by atoms with E-state index >= 15 is 0 Å². The highest BCUT2D eigenvalue weighted by Gasteiger charge is 1.97. The minimum absolute atomic E-state index is 0.786. The molecule has 0 saturated carbocycles. The Morgan fingerprint density at radius 2 is 0.867 bits per heavy atom. The maximum atomic E-state index is 4.31. The molecule has 4 nitrogen and oxygen atoms in total. The Kier molecular flexibility index (Phi) is 18.1. The summed E-state index contributed by atoms with van der Waals surface area (Å²) in [4.78, 5) is 8.61. The smallest absolute Gasteiger partial charge is 0.0541 e. The molecule has 3 rings (SSSR count). The first kappa shape index (κ1) is 27.4. The summed E-state index contributed by atoms with van der Waals surface area (Å²) in [6.07, 6.45) is 3.65. The largest absolute Gasteiger partial charge is 0.307 e. The van der Waals surface area contributed by atoms with Gasteiger partial charge < -0.3 is 10.6 Å². The summed E-state index contributed by atoms with van der Waals surface area (Å²) < 4.78 is 0. The molecule has 0 aliphatic heterocycles. The van der Waals surface area contributed by atoms with Gasteiger partial charge in [0.25, 0.3) is 0 Å². The minimum Gasteiger partial charge on any atom is -0.307 e. The average molecular weight is 409 g/mol. The molecule has 0 amide bonds. The zero-order valence-corrected chi connectivity index (χ0v) is 19.7. The lowest BCUT2D eigenvalue weighted by atomic mass is 10.1. The van der Waals surface area contributed by atoms with E-state index in [1.165, 1.54) is 11.1 Å². The lowest BCUT2D eigenvalue weighted by Gasteiger charge is -2.07. The third kappa shape index (κ3) is 12.1. The van der Waals surface area contributed by atoms with E-state index in [4.69, 9.17) is 0 Å². The zero-order chi connectivity index (χ0) is 22.5.